The fourth-order valence-corrected chi connectivity index (χ4v) is 3.18. The monoisotopic (exact) mass is 316 g/mol. The molecule has 0 bridgehead atoms. The number of hydrogen-bond acceptors (Lipinski definition) is 3. The summed E-state index contributed by atoms with van der Waals surface area (Å²) in [5.41, 5.74) is 1.57. The molecule has 0 spiro atoms. The first-order valence-corrected chi connectivity index (χ1v) is 8.28. The molecule has 2 heterocycles. The Balaban J connectivity index is 1.57. The smallest absolute Gasteiger partial charge is 0.319 e. The van der Waals surface area contributed by atoms with Crippen molar-refractivity contribution in [1.29, 1.82) is 0 Å². The molecule has 1 aromatic carbocycles. The molecule has 0 unspecified atom stereocenters. The number of hydrogen-bond donors (Lipinski definition) is 2. The zero-order valence-corrected chi connectivity index (χ0v) is 13.5. The Labute approximate surface area is 136 Å². The van der Waals surface area contributed by atoms with E-state index in [0.717, 1.165) is 44.6 Å². The van der Waals surface area contributed by atoms with Crippen LogP contribution in [0.3, 0.4) is 0 Å². The van der Waals surface area contributed by atoms with Crippen molar-refractivity contribution in [2.45, 2.75) is 31.7 Å². The number of urea groups is 1. The molecule has 6 nitrogen and oxygen atoms in total. The molecule has 0 aliphatic carbocycles. The van der Waals surface area contributed by atoms with Gasteiger partial charge in [-0.2, -0.15) is 0 Å². The fourth-order valence-electron chi connectivity index (χ4n) is 3.18. The van der Waals surface area contributed by atoms with Gasteiger partial charge in [0.2, 0.25) is 5.91 Å². The van der Waals surface area contributed by atoms with Gasteiger partial charge < -0.3 is 20.4 Å². The van der Waals surface area contributed by atoms with E-state index in [-0.39, 0.29) is 18.0 Å². The summed E-state index contributed by atoms with van der Waals surface area (Å²) >= 11 is 0. The number of rotatable bonds is 3. The topological polar surface area (TPSA) is 64.7 Å². The van der Waals surface area contributed by atoms with Crippen molar-refractivity contribution in [3.8, 4) is 0 Å². The quantitative estimate of drug-likeness (QED) is 0.897. The highest BCUT2D eigenvalue weighted by atomic mass is 16.2. The average molecular weight is 316 g/mol. The molecule has 2 aliphatic heterocycles. The molecule has 0 aromatic heterocycles. The predicted molar refractivity (Wildman–Crippen MR) is 90.7 cm³/mol. The lowest BCUT2D eigenvalue weighted by Crippen LogP contribution is -2.44. The van der Waals surface area contributed by atoms with Crippen LogP contribution in [0.4, 0.5) is 16.2 Å². The van der Waals surface area contributed by atoms with Crippen LogP contribution in [0, 0.1) is 0 Å². The molecule has 2 aliphatic rings. The van der Waals surface area contributed by atoms with Gasteiger partial charge in [0.15, 0.2) is 0 Å². The van der Waals surface area contributed by atoms with Crippen LogP contribution < -0.4 is 15.5 Å². The summed E-state index contributed by atoms with van der Waals surface area (Å²) in [7, 11) is 2.10. The zero-order valence-electron chi connectivity index (χ0n) is 13.5. The van der Waals surface area contributed by atoms with E-state index in [2.05, 4.69) is 22.6 Å². The van der Waals surface area contributed by atoms with Gasteiger partial charge in [-0.1, -0.05) is 6.07 Å². The first kappa shape index (κ1) is 15.8. The Morgan fingerprint density at radius 1 is 1.22 bits per heavy atom. The van der Waals surface area contributed by atoms with E-state index in [0.29, 0.717) is 12.1 Å². The molecule has 124 valence electrons. The zero-order chi connectivity index (χ0) is 16.2. The van der Waals surface area contributed by atoms with Crippen LogP contribution in [-0.4, -0.2) is 49.6 Å². The number of piperidine rings is 1. The second-order valence-corrected chi connectivity index (χ2v) is 6.38. The Morgan fingerprint density at radius 2 is 2.00 bits per heavy atom. The van der Waals surface area contributed by atoms with E-state index in [9.17, 15) is 9.59 Å². The van der Waals surface area contributed by atoms with Crippen molar-refractivity contribution in [2.24, 2.45) is 0 Å². The maximum Gasteiger partial charge on any atom is 0.319 e. The summed E-state index contributed by atoms with van der Waals surface area (Å²) in [6.07, 6.45) is 3.46. The van der Waals surface area contributed by atoms with E-state index in [4.69, 9.17) is 0 Å². The number of likely N-dealkylation sites (tertiary alicyclic amines) is 1. The summed E-state index contributed by atoms with van der Waals surface area (Å²) in [4.78, 5) is 28.0. The summed E-state index contributed by atoms with van der Waals surface area (Å²) in [6.45, 7) is 2.78. The van der Waals surface area contributed by atoms with E-state index >= 15 is 0 Å². The van der Waals surface area contributed by atoms with Crippen LogP contribution in [-0.2, 0) is 4.79 Å². The highest BCUT2D eigenvalue weighted by Crippen LogP contribution is 2.24. The lowest BCUT2D eigenvalue weighted by Gasteiger charge is -2.29. The van der Waals surface area contributed by atoms with Gasteiger partial charge in [0.05, 0.1) is 0 Å². The van der Waals surface area contributed by atoms with Gasteiger partial charge in [0, 0.05) is 30.4 Å². The number of nitrogens with zero attached hydrogens (tertiary/aromatic N) is 2. The van der Waals surface area contributed by atoms with Crippen LogP contribution in [0.1, 0.15) is 25.7 Å². The molecule has 3 rings (SSSR count). The maximum absolute atomic E-state index is 12.1. The summed E-state index contributed by atoms with van der Waals surface area (Å²) < 4.78 is 0. The minimum absolute atomic E-state index is 0.151. The lowest BCUT2D eigenvalue weighted by atomic mass is 10.1. The van der Waals surface area contributed by atoms with Crippen LogP contribution in [0.2, 0.25) is 0 Å². The van der Waals surface area contributed by atoms with Crippen molar-refractivity contribution in [3.63, 3.8) is 0 Å². The van der Waals surface area contributed by atoms with E-state index in [1.54, 1.807) is 4.90 Å². The largest absolute Gasteiger partial charge is 0.335 e. The standard InChI is InChI=1S/C17H24N4O2/c1-20-10-7-13(8-11-20)18-17(23)19-14-4-2-5-15(12-14)21-9-3-6-16(21)22/h2,4-5,12-13H,3,6-11H2,1H3,(H2,18,19,23). The molecule has 0 atom stereocenters. The normalized spacial score (nSPS) is 19.9. The Bertz CT molecular complexity index is 582. The van der Waals surface area contributed by atoms with Gasteiger partial charge in [0.1, 0.15) is 0 Å². The van der Waals surface area contributed by atoms with Gasteiger partial charge in [-0.3, -0.25) is 4.79 Å². The number of amides is 3. The van der Waals surface area contributed by atoms with E-state index in [1.165, 1.54) is 0 Å². The third kappa shape index (κ3) is 4.01. The SMILES string of the molecule is CN1CCC(NC(=O)Nc2cccc(N3CCCC3=O)c2)CC1. The van der Waals surface area contributed by atoms with Crippen molar-refractivity contribution in [2.75, 3.05) is 36.9 Å². The van der Waals surface area contributed by atoms with Gasteiger partial charge in [-0.05, 0) is 57.6 Å². The average Bonchev–Trinajstić information content (AvgIpc) is 2.96. The molecule has 2 saturated heterocycles. The Hall–Kier alpha value is -2.08. The van der Waals surface area contributed by atoms with E-state index < -0.39 is 0 Å². The highest BCUT2D eigenvalue weighted by molar-refractivity contribution is 5.96. The minimum atomic E-state index is -0.176. The van der Waals surface area contributed by atoms with Crippen molar-refractivity contribution in [3.05, 3.63) is 24.3 Å². The van der Waals surface area contributed by atoms with Crippen LogP contribution in [0.5, 0.6) is 0 Å². The first-order chi connectivity index (χ1) is 11.1. The van der Waals surface area contributed by atoms with Gasteiger partial charge >= 0.3 is 6.03 Å². The van der Waals surface area contributed by atoms with E-state index in [1.807, 2.05) is 24.3 Å². The van der Waals surface area contributed by atoms with Crippen molar-refractivity contribution < 1.29 is 9.59 Å². The number of benzene rings is 1. The lowest BCUT2D eigenvalue weighted by molar-refractivity contribution is -0.117. The Kier molecular flexibility index (Phi) is 4.81. The molecule has 6 heteroatoms. The minimum Gasteiger partial charge on any atom is -0.335 e. The Morgan fingerprint density at radius 3 is 2.70 bits per heavy atom. The number of anilines is 2. The van der Waals surface area contributed by atoms with Crippen molar-refractivity contribution in [1.82, 2.24) is 10.2 Å². The summed E-state index contributed by atoms with van der Waals surface area (Å²) in [5, 5.41) is 5.91. The van der Waals surface area contributed by atoms with Crippen LogP contribution in [0.25, 0.3) is 0 Å². The molecule has 0 saturated carbocycles. The molecule has 2 N–H and O–H groups in total. The number of nitrogens with one attached hydrogen (secondary N) is 2. The summed E-state index contributed by atoms with van der Waals surface area (Å²) in [5.74, 6) is 0.151. The number of carbonyl (C=O) groups excluding carboxylic acids is 2. The fraction of sp³-hybridized carbons (Fsp3) is 0.529. The molecular formula is C17H24N4O2. The van der Waals surface area contributed by atoms with Crippen molar-refractivity contribution >= 4 is 23.3 Å². The highest BCUT2D eigenvalue weighted by Gasteiger charge is 2.22. The molecule has 23 heavy (non-hydrogen) atoms. The predicted octanol–water partition coefficient (Wildman–Crippen LogP) is 2.03. The molecular weight excluding hydrogens is 292 g/mol. The first-order valence-electron chi connectivity index (χ1n) is 8.28. The molecule has 3 amide bonds. The third-order valence-corrected chi connectivity index (χ3v) is 4.54. The second-order valence-electron chi connectivity index (χ2n) is 6.38. The maximum atomic E-state index is 12.1. The summed E-state index contributed by atoms with van der Waals surface area (Å²) in [6, 6.07) is 7.53. The van der Waals surface area contributed by atoms with Gasteiger partial charge in [-0.15, -0.1) is 0 Å². The van der Waals surface area contributed by atoms with Gasteiger partial charge in [-0.25, -0.2) is 4.79 Å². The van der Waals surface area contributed by atoms with Crippen LogP contribution >= 0.6 is 0 Å². The molecule has 2 fully saturated rings. The molecule has 0 radical (unpaired) electrons. The van der Waals surface area contributed by atoms with Crippen LogP contribution in [0.15, 0.2) is 24.3 Å². The van der Waals surface area contributed by atoms with Gasteiger partial charge in [0.25, 0.3) is 0 Å². The molecule has 1 aromatic rings. The third-order valence-electron chi connectivity index (χ3n) is 4.54. The second kappa shape index (κ2) is 7.00. The number of carbonyl (C=O) groups is 2.